The Labute approximate surface area is 183 Å². The molecule has 1 aliphatic carbocycles. The van der Waals surface area contributed by atoms with Crippen LogP contribution in [0.5, 0.6) is 0 Å². The Kier molecular flexibility index (Phi) is 5.73. The molecule has 3 nitrogen and oxygen atoms in total. The van der Waals surface area contributed by atoms with Crippen LogP contribution in [0.4, 0.5) is 0 Å². The average Bonchev–Trinajstić information content (AvgIpc) is 2.79. The van der Waals surface area contributed by atoms with Crippen molar-refractivity contribution in [2.75, 3.05) is 6.61 Å². The molecule has 0 saturated carbocycles. The minimum Gasteiger partial charge on any atom is -0.462 e. The van der Waals surface area contributed by atoms with E-state index in [2.05, 4.69) is 61.0 Å². The molecule has 0 aliphatic heterocycles. The van der Waals surface area contributed by atoms with Crippen LogP contribution in [-0.2, 0) is 10.2 Å². The van der Waals surface area contributed by atoms with Crippen molar-refractivity contribution in [3.8, 4) is 11.8 Å². The molecule has 0 spiro atoms. The highest BCUT2D eigenvalue weighted by atomic mass is 16.5. The number of carbonyl (C=O) groups excluding carboxylic acids is 1. The lowest BCUT2D eigenvalue weighted by atomic mass is 9.72. The van der Waals surface area contributed by atoms with Crippen molar-refractivity contribution in [2.45, 2.75) is 32.6 Å². The Morgan fingerprint density at radius 2 is 1.77 bits per heavy atom. The lowest BCUT2D eigenvalue weighted by molar-refractivity contribution is 0.0526. The van der Waals surface area contributed by atoms with Gasteiger partial charge >= 0.3 is 5.97 Å². The second-order valence-electron chi connectivity index (χ2n) is 8.23. The van der Waals surface area contributed by atoms with Gasteiger partial charge in [-0.25, -0.2) is 4.79 Å². The van der Waals surface area contributed by atoms with Gasteiger partial charge in [0.05, 0.1) is 17.9 Å². The molecule has 0 N–H and O–H groups in total. The minimum absolute atomic E-state index is 0.0719. The monoisotopic (exact) mass is 407 g/mol. The number of fused-ring (bicyclic) bond motifs is 1. The third kappa shape index (κ3) is 4.44. The lowest BCUT2D eigenvalue weighted by Crippen LogP contribution is -2.22. The molecule has 3 heteroatoms. The van der Waals surface area contributed by atoms with Crippen LogP contribution in [0.25, 0.3) is 5.57 Å². The van der Waals surface area contributed by atoms with Gasteiger partial charge in [-0.15, -0.1) is 0 Å². The number of allylic oxidation sites excluding steroid dienone is 1. The number of nitrogens with zero attached hydrogens (tertiary/aromatic N) is 1. The van der Waals surface area contributed by atoms with Crippen molar-refractivity contribution in [1.82, 2.24) is 4.98 Å². The number of esters is 1. The van der Waals surface area contributed by atoms with Gasteiger partial charge in [0.1, 0.15) is 0 Å². The molecule has 31 heavy (non-hydrogen) atoms. The first-order chi connectivity index (χ1) is 15.0. The summed E-state index contributed by atoms with van der Waals surface area (Å²) in [5.74, 6) is 6.16. The molecule has 0 fully saturated rings. The number of hydrogen-bond acceptors (Lipinski definition) is 3. The summed E-state index contributed by atoms with van der Waals surface area (Å²) in [6.45, 7) is 6.71. The lowest BCUT2D eigenvalue weighted by Gasteiger charge is -2.32. The Morgan fingerprint density at radius 1 is 1.03 bits per heavy atom. The minimum atomic E-state index is -0.312. The molecule has 0 amide bonds. The van der Waals surface area contributed by atoms with Crippen LogP contribution < -0.4 is 0 Å². The summed E-state index contributed by atoms with van der Waals surface area (Å²) in [6, 6.07) is 19.6. The molecule has 1 aliphatic rings. The summed E-state index contributed by atoms with van der Waals surface area (Å²) >= 11 is 0. The number of rotatable bonds is 3. The second kappa shape index (κ2) is 8.62. The summed E-state index contributed by atoms with van der Waals surface area (Å²) in [4.78, 5) is 16.4. The van der Waals surface area contributed by atoms with Gasteiger partial charge in [-0.2, -0.15) is 0 Å². The van der Waals surface area contributed by atoms with E-state index in [0.717, 1.165) is 28.8 Å². The van der Waals surface area contributed by atoms with Gasteiger partial charge in [0.15, 0.2) is 0 Å². The average molecular weight is 408 g/mol. The molecule has 154 valence electrons. The standard InChI is InChI=1S/C28H25NO2/c1-4-31-27(30)22-13-10-20(11-14-22)8-9-21-12-15-25-24(19-21)23(16-17-28(25,2)3)26-7-5-6-18-29-26/h5-7,10-16,18-19H,4,17H2,1-3H3. The molecule has 0 unspecified atom stereocenters. The smallest absolute Gasteiger partial charge is 0.338 e. The number of carbonyl (C=O) groups is 1. The fraction of sp³-hybridized carbons (Fsp3) is 0.214. The van der Waals surface area contributed by atoms with Gasteiger partial charge in [0.2, 0.25) is 0 Å². The second-order valence-corrected chi connectivity index (χ2v) is 8.23. The number of pyridine rings is 1. The SMILES string of the molecule is CCOC(=O)c1ccc(C#Cc2ccc3c(c2)C(c2ccccn2)=CCC3(C)C)cc1. The molecule has 2 aromatic carbocycles. The molecule has 4 rings (SSSR count). The van der Waals surface area contributed by atoms with E-state index in [1.807, 2.05) is 30.5 Å². The Bertz CT molecular complexity index is 1190. The van der Waals surface area contributed by atoms with Gasteiger partial charge in [0, 0.05) is 22.9 Å². The highest BCUT2D eigenvalue weighted by molar-refractivity contribution is 5.89. The maximum absolute atomic E-state index is 11.8. The fourth-order valence-corrected chi connectivity index (χ4v) is 3.83. The molecule has 0 saturated heterocycles. The largest absolute Gasteiger partial charge is 0.462 e. The van der Waals surface area contributed by atoms with E-state index in [1.54, 1.807) is 19.1 Å². The zero-order valence-electron chi connectivity index (χ0n) is 18.1. The van der Waals surface area contributed by atoms with Gasteiger partial charge in [-0.05, 0) is 78.4 Å². The number of benzene rings is 2. The van der Waals surface area contributed by atoms with Crippen LogP contribution in [0.2, 0.25) is 0 Å². The summed E-state index contributed by atoms with van der Waals surface area (Å²) < 4.78 is 5.03. The van der Waals surface area contributed by atoms with Crippen LogP contribution in [0, 0.1) is 11.8 Å². The molecule has 1 aromatic heterocycles. The van der Waals surface area contributed by atoms with Crippen LogP contribution in [-0.4, -0.2) is 17.6 Å². The van der Waals surface area contributed by atoms with E-state index in [1.165, 1.54) is 11.1 Å². The molecular formula is C28H25NO2. The predicted molar refractivity (Wildman–Crippen MR) is 124 cm³/mol. The third-order valence-corrected chi connectivity index (χ3v) is 5.54. The van der Waals surface area contributed by atoms with Crippen molar-refractivity contribution in [3.05, 3.63) is 106 Å². The van der Waals surface area contributed by atoms with Crippen LogP contribution in [0.1, 0.15) is 65.5 Å². The van der Waals surface area contributed by atoms with Gasteiger partial charge in [-0.1, -0.05) is 43.9 Å². The van der Waals surface area contributed by atoms with Crippen molar-refractivity contribution in [2.24, 2.45) is 0 Å². The first kappa shape index (κ1) is 20.6. The zero-order chi connectivity index (χ0) is 21.8. The van der Waals surface area contributed by atoms with Crippen molar-refractivity contribution >= 4 is 11.5 Å². The normalized spacial score (nSPS) is 14.0. The van der Waals surface area contributed by atoms with E-state index < -0.39 is 0 Å². The predicted octanol–water partition coefficient (Wildman–Crippen LogP) is 5.77. The van der Waals surface area contributed by atoms with Crippen molar-refractivity contribution < 1.29 is 9.53 Å². The van der Waals surface area contributed by atoms with Crippen molar-refractivity contribution in [3.63, 3.8) is 0 Å². The van der Waals surface area contributed by atoms with Gasteiger partial charge in [-0.3, -0.25) is 4.98 Å². The fourth-order valence-electron chi connectivity index (χ4n) is 3.83. The van der Waals surface area contributed by atoms with E-state index in [-0.39, 0.29) is 11.4 Å². The summed E-state index contributed by atoms with van der Waals surface area (Å²) in [5.41, 5.74) is 7.08. The quantitative estimate of drug-likeness (QED) is 0.409. The van der Waals surface area contributed by atoms with E-state index in [9.17, 15) is 4.79 Å². The van der Waals surface area contributed by atoms with Crippen molar-refractivity contribution in [1.29, 1.82) is 0 Å². The zero-order valence-corrected chi connectivity index (χ0v) is 18.1. The Balaban J connectivity index is 1.66. The Morgan fingerprint density at radius 3 is 2.48 bits per heavy atom. The van der Waals surface area contributed by atoms with Crippen LogP contribution in [0.15, 0.2) is 72.9 Å². The highest BCUT2D eigenvalue weighted by Gasteiger charge is 2.28. The maximum Gasteiger partial charge on any atom is 0.338 e. The number of aromatic nitrogens is 1. The van der Waals surface area contributed by atoms with Gasteiger partial charge < -0.3 is 4.74 Å². The van der Waals surface area contributed by atoms with E-state index in [4.69, 9.17) is 4.74 Å². The van der Waals surface area contributed by atoms with Gasteiger partial charge in [0.25, 0.3) is 0 Å². The van der Waals surface area contributed by atoms with Crippen LogP contribution >= 0.6 is 0 Å². The number of hydrogen-bond donors (Lipinski definition) is 0. The summed E-state index contributed by atoms with van der Waals surface area (Å²) in [6.07, 6.45) is 5.10. The first-order valence-electron chi connectivity index (χ1n) is 10.5. The van der Waals surface area contributed by atoms with E-state index in [0.29, 0.717) is 12.2 Å². The molecule has 1 heterocycles. The number of ether oxygens (including phenoxy) is 1. The Hall–Kier alpha value is -3.64. The van der Waals surface area contributed by atoms with E-state index >= 15 is 0 Å². The molecule has 0 radical (unpaired) electrons. The third-order valence-electron chi connectivity index (χ3n) is 5.54. The maximum atomic E-state index is 11.8. The summed E-state index contributed by atoms with van der Waals surface area (Å²) in [7, 11) is 0. The molecule has 0 bridgehead atoms. The molecule has 0 atom stereocenters. The molecule has 3 aromatic rings. The van der Waals surface area contributed by atoms with Crippen LogP contribution in [0.3, 0.4) is 0 Å². The molecular weight excluding hydrogens is 382 g/mol. The topological polar surface area (TPSA) is 39.2 Å². The first-order valence-corrected chi connectivity index (χ1v) is 10.5. The highest BCUT2D eigenvalue weighted by Crippen LogP contribution is 2.41. The summed E-state index contributed by atoms with van der Waals surface area (Å²) in [5, 5.41) is 0.